The number of aromatic hydroxyl groups is 1. The third kappa shape index (κ3) is 5.58. The predicted molar refractivity (Wildman–Crippen MR) is 70.7 cm³/mol. The van der Waals surface area contributed by atoms with E-state index in [-0.39, 0.29) is 17.4 Å². The van der Waals surface area contributed by atoms with Gasteiger partial charge in [-0.05, 0) is 30.7 Å². The molecule has 1 aromatic rings. The van der Waals surface area contributed by atoms with Gasteiger partial charge in [-0.3, -0.25) is 10.1 Å². The Kier molecular flexibility index (Phi) is 6.07. The summed E-state index contributed by atoms with van der Waals surface area (Å²) in [7, 11) is 0. The molecule has 18 heavy (non-hydrogen) atoms. The van der Waals surface area contributed by atoms with Crippen LogP contribution in [-0.4, -0.2) is 29.3 Å². The zero-order chi connectivity index (χ0) is 13.4. The molecule has 98 valence electrons. The molecule has 0 aliphatic heterocycles. The van der Waals surface area contributed by atoms with Crippen LogP contribution in [0.5, 0.6) is 5.75 Å². The van der Waals surface area contributed by atoms with Crippen molar-refractivity contribution < 1.29 is 14.7 Å². The van der Waals surface area contributed by atoms with Gasteiger partial charge in [-0.15, -0.1) is 11.8 Å². The lowest BCUT2D eigenvalue weighted by Gasteiger charge is -2.05. The third-order valence-electron chi connectivity index (χ3n) is 2.00. The van der Waals surface area contributed by atoms with E-state index in [9.17, 15) is 9.59 Å². The number of imide groups is 1. The van der Waals surface area contributed by atoms with Gasteiger partial charge in [-0.1, -0.05) is 6.92 Å². The van der Waals surface area contributed by atoms with E-state index < -0.39 is 6.03 Å². The minimum absolute atomic E-state index is 0.157. The molecular weight excluding hydrogens is 252 g/mol. The molecule has 0 spiro atoms. The van der Waals surface area contributed by atoms with E-state index in [2.05, 4.69) is 10.6 Å². The molecule has 0 atom stereocenters. The Morgan fingerprint density at radius 1 is 1.28 bits per heavy atom. The zero-order valence-electron chi connectivity index (χ0n) is 10.1. The van der Waals surface area contributed by atoms with Crippen LogP contribution in [0.15, 0.2) is 29.2 Å². The van der Waals surface area contributed by atoms with Gasteiger partial charge >= 0.3 is 6.03 Å². The van der Waals surface area contributed by atoms with Crippen molar-refractivity contribution in [3.05, 3.63) is 24.3 Å². The van der Waals surface area contributed by atoms with Crippen LogP contribution in [0.25, 0.3) is 0 Å². The number of thioether (sulfide) groups is 1. The smallest absolute Gasteiger partial charge is 0.321 e. The lowest BCUT2D eigenvalue weighted by molar-refractivity contribution is -0.117. The molecule has 1 aromatic carbocycles. The molecule has 5 nitrogen and oxygen atoms in total. The topological polar surface area (TPSA) is 78.4 Å². The van der Waals surface area contributed by atoms with E-state index in [0.717, 1.165) is 11.3 Å². The minimum atomic E-state index is -0.465. The maximum absolute atomic E-state index is 11.4. The summed E-state index contributed by atoms with van der Waals surface area (Å²) in [5.41, 5.74) is 0. The Balaban J connectivity index is 2.28. The van der Waals surface area contributed by atoms with Crippen LogP contribution in [0.3, 0.4) is 0 Å². The molecular formula is C12H16N2O3S. The highest BCUT2D eigenvalue weighted by Crippen LogP contribution is 2.20. The normalized spacial score (nSPS) is 9.83. The van der Waals surface area contributed by atoms with Gasteiger partial charge in [0.1, 0.15) is 5.75 Å². The summed E-state index contributed by atoms with van der Waals surface area (Å²) in [6.07, 6.45) is 0.823. The van der Waals surface area contributed by atoms with Gasteiger partial charge in [-0.25, -0.2) is 4.79 Å². The second-order valence-electron chi connectivity index (χ2n) is 3.59. The van der Waals surface area contributed by atoms with E-state index in [1.807, 2.05) is 6.92 Å². The second kappa shape index (κ2) is 7.60. The SMILES string of the molecule is CCCNC(=O)NC(=O)CSc1ccc(O)cc1. The Bertz CT molecular complexity index is 406. The Labute approximate surface area is 110 Å². The molecule has 3 N–H and O–H groups in total. The van der Waals surface area contributed by atoms with Gasteiger partial charge in [0.15, 0.2) is 0 Å². The van der Waals surface area contributed by atoms with Crippen molar-refractivity contribution in [2.45, 2.75) is 18.2 Å². The molecule has 0 bridgehead atoms. The number of phenolic OH excluding ortho intramolecular Hbond substituents is 1. The fourth-order valence-electron chi connectivity index (χ4n) is 1.14. The predicted octanol–water partition coefficient (Wildman–Crippen LogP) is 1.72. The van der Waals surface area contributed by atoms with Crippen molar-refractivity contribution >= 4 is 23.7 Å². The van der Waals surface area contributed by atoms with Gasteiger partial charge in [0.2, 0.25) is 5.91 Å². The van der Waals surface area contributed by atoms with Crippen molar-refractivity contribution in [1.29, 1.82) is 0 Å². The molecule has 3 amide bonds. The van der Waals surface area contributed by atoms with E-state index in [0.29, 0.717) is 6.54 Å². The molecule has 0 unspecified atom stereocenters. The number of carbonyl (C=O) groups is 2. The van der Waals surface area contributed by atoms with E-state index >= 15 is 0 Å². The number of hydrogen-bond acceptors (Lipinski definition) is 4. The average Bonchev–Trinajstić information content (AvgIpc) is 2.35. The van der Waals surface area contributed by atoms with E-state index in [1.165, 1.54) is 11.8 Å². The molecule has 0 saturated carbocycles. The molecule has 0 fully saturated rings. The Hall–Kier alpha value is -1.69. The van der Waals surface area contributed by atoms with Crippen LogP contribution >= 0.6 is 11.8 Å². The molecule has 0 heterocycles. The maximum Gasteiger partial charge on any atom is 0.321 e. The van der Waals surface area contributed by atoms with E-state index in [1.54, 1.807) is 24.3 Å². The zero-order valence-corrected chi connectivity index (χ0v) is 10.9. The quantitative estimate of drug-likeness (QED) is 0.710. The second-order valence-corrected chi connectivity index (χ2v) is 4.64. The molecule has 0 saturated heterocycles. The minimum Gasteiger partial charge on any atom is -0.508 e. The molecule has 1 rings (SSSR count). The van der Waals surface area contributed by atoms with Crippen LogP contribution in [0.2, 0.25) is 0 Å². The van der Waals surface area contributed by atoms with Crippen LogP contribution in [-0.2, 0) is 4.79 Å². The molecule has 6 heteroatoms. The summed E-state index contributed by atoms with van der Waals surface area (Å²) in [4.78, 5) is 23.5. The van der Waals surface area contributed by atoms with Crippen molar-refractivity contribution in [1.82, 2.24) is 10.6 Å². The monoisotopic (exact) mass is 268 g/mol. The number of carbonyl (C=O) groups excluding carboxylic acids is 2. The van der Waals surface area contributed by atoms with Crippen molar-refractivity contribution in [3.63, 3.8) is 0 Å². The van der Waals surface area contributed by atoms with Crippen LogP contribution in [0.1, 0.15) is 13.3 Å². The first-order chi connectivity index (χ1) is 8.61. The lowest BCUT2D eigenvalue weighted by atomic mass is 10.3. The highest BCUT2D eigenvalue weighted by Gasteiger charge is 2.07. The van der Waals surface area contributed by atoms with Crippen molar-refractivity contribution in [2.24, 2.45) is 0 Å². The van der Waals surface area contributed by atoms with Crippen LogP contribution in [0, 0.1) is 0 Å². The summed E-state index contributed by atoms with van der Waals surface area (Å²) < 4.78 is 0. The van der Waals surface area contributed by atoms with Crippen LogP contribution < -0.4 is 10.6 Å². The lowest BCUT2D eigenvalue weighted by Crippen LogP contribution is -2.40. The number of nitrogens with one attached hydrogen (secondary N) is 2. The largest absolute Gasteiger partial charge is 0.508 e. The average molecular weight is 268 g/mol. The van der Waals surface area contributed by atoms with Gasteiger partial charge in [0.25, 0.3) is 0 Å². The van der Waals surface area contributed by atoms with Crippen molar-refractivity contribution in [3.8, 4) is 5.75 Å². The summed E-state index contributed by atoms with van der Waals surface area (Å²) in [5.74, 6) is -0.00551. The first kappa shape index (κ1) is 14.4. The molecule has 0 aromatic heterocycles. The maximum atomic E-state index is 11.4. The molecule has 0 aliphatic carbocycles. The van der Waals surface area contributed by atoms with Gasteiger partial charge in [0, 0.05) is 11.4 Å². The number of amides is 3. The first-order valence-corrected chi connectivity index (χ1v) is 6.60. The summed E-state index contributed by atoms with van der Waals surface area (Å²) >= 11 is 1.30. The molecule has 0 aliphatic rings. The summed E-state index contributed by atoms with van der Waals surface area (Å²) in [6.45, 7) is 2.48. The van der Waals surface area contributed by atoms with Gasteiger partial charge in [-0.2, -0.15) is 0 Å². The Morgan fingerprint density at radius 2 is 1.94 bits per heavy atom. The number of rotatable bonds is 5. The number of phenols is 1. The summed E-state index contributed by atoms with van der Waals surface area (Å²) in [5, 5.41) is 13.9. The Morgan fingerprint density at radius 3 is 2.56 bits per heavy atom. The fourth-order valence-corrected chi connectivity index (χ4v) is 1.84. The van der Waals surface area contributed by atoms with Crippen LogP contribution in [0.4, 0.5) is 4.79 Å². The van der Waals surface area contributed by atoms with E-state index in [4.69, 9.17) is 5.11 Å². The third-order valence-corrected chi connectivity index (χ3v) is 3.01. The van der Waals surface area contributed by atoms with Gasteiger partial charge in [0.05, 0.1) is 5.75 Å². The number of benzene rings is 1. The highest BCUT2D eigenvalue weighted by molar-refractivity contribution is 8.00. The first-order valence-electron chi connectivity index (χ1n) is 5.61. The number of hydrogen-bond donors (Lipinski definition) is 3. The fraction of sp³-hybridized carbons (Fsp3) is 0.333. The van der Waals surface area contributed by atoms with Gasteiger partial charge < -0.3 is 10.4 Å². The standard InChI is InChI=1S/C12H16N2O3S/c1-2-7-13-12(17)14-11(16)8-18-10-5-3-9(15)4-6-10/h3-6,15H,2,7-8H2,1H3,(H2,13,14,16,17). The molecule has 0 radical (unpaired) electrons. The number of urea groups is 1. The highest BCUT2D eigenvalue weighted by atomic mass is 32.2. The summed E-state index contributed by atoms with van der Waals surface area (Å²) in [6, 6.07) is 6.06. The van der Waals surface area contributed by atoms with Crippen molar-refractivity contribution in [2.75, 3.05) is 12.3 Å².